The minimum absolute atomic E-state index is 0.496. The van der Waals surface area contributed by atoms with Crippen molar-refractivity contribution in [3.05, 3.63) is 18.3 Å². The maximum Gasteiger partial charge on any atom is 0.123 e. The number of nitrogens with zero attached hydrogens (tertiary/aromatic N) is 3. The van der Waals surface area contributed by atoms with Crippen molar-refractivity contribution in [3.63, 3.8) is 0 Å². The Morgan fingerprint density at radius 3 is 2.90 bits per heavy atom. The van der Waals surface area contributed by atoms with Gasteiger partial charge in [-0.25, -0.2) is 4.98 Å². The second kappa shape index (κ2) is 5.97. The molecule has 1 aromatic heterocycles. The molecule has 3 heterocycles. The van der Waals surface area contributed by atoms with Gasteiger partial charge in [0.05, 0.1) is 18.5 Å². The molecule has 0 aliphatic carbocycles. The molecule has 2 aliphatic heterocycles. The average molecular weight is 276 g/mol. The molecule has 5 heteroatoms. The third kappa shape index (κ3) is 2.88. The van der Waals surface area contributed by atoms with Crippen LogP contribution in [0.5, 0.6) is 0 Å². The molecular formula is C15H24N4O. The van der Waals surface area contributed by atoms with Crippen LogP contribution in [-0.4, -0.2) is 54.8 Å². The van der Waals surface area contributed by atoms with Crippen molar-refractivity contribution in [3.8, 4) is 0 Å². The Morgan fingerprint density at radius 1 is 1.35 bits per heavy atom. The van der Waals surface area contributed by atoms with E-state index in [1.165, 1.54) is 18.5 Å². The predicted octanol–water partition coefficient (Wildman–Crippen LogP) is 1.35. The summed E-state index contributed by atoms with van der Waals surface area (Å²) in [4.78, 5) is 9.21. The Balaban J connectivity index is 1.63. The second-order valence-corrected chi connectivity index (χ2v) is 5.85. The Bertz CT molecular complexity index is 430. The van der Waals surface area contributed by atoms with Crippen LogP contribution in [0.25, 0.3) is 0 Å². The maximum absolute atomic E-state index is 5.66. The summed E-state index contributed by atoms with van der Waals surface area (Å²) >= 11 is 0. The van der Waals surface area contributed by atoms with Crippen molar-refractivity contribution < 1.29 is 4.74 Å². The number of anilines is 2. The fourth-order valence-electron chi connectivity index (χ4n) is 3.28. The number of rotatable bonds is 2. The zero-order valence-corrected chi connectivity index (χ0v) is 12.2. The Kier molecular flexibility index (Phi) is 4.08. The summed E-state index contributed by atoms with van der Waals surface area (Å²) < 4.78 is 5.62. The van der Waals surface area contributed by atoms with Gasteiger partial charge >= 0.3 is 0 Å². The molecule has 2 atom stereocenters. The van der Waals surface area contributed by atoms with E-state index in [0.717, 1.165) is 32.8 Å². The SMILES string of the molecule is CC1CN(C2CCCOC2)CCN1c1ccc(N)nc1. The number of hydrogen-bond acceptors (Lipinski definition) is 5. The van der Waals surface area contributed by atoms with Crippen LogP contribution in [0.3, 0.4) is 0 Å². The fourth-order valence-corrected chi connectivity index (χ4v) is 3.28. The van der Waals surface area contributed by atoms with Crippen molar-refractivity contribution in [2.24, 2.45) is 0 Å². The fraction of sp³-hybridized carbons (Fsp3) is 0.667. The van der Waals surface area contributed by atoms with E-state index >= 15 is 0 Å². The first kappa shape index (κ1) is 13.6. The number of hydrogen-bond donors (Lipinski definition) is 1. The van der Waals surface area contributed by atoms with Gasteiger partial charge in [0.25, 0.3) is 0 Å². The van der Waals surface area contributed by atoms with E-state index in [4.69, 9.17) is 10.5 Å². The van der Waals surface area contributed by atoms with Gasteiger partial charge in [0.1, 0.15) is 5.82 Å². The number of pyridine rings is 1. The third-order valence-electron chi connectivity index (χ3n) is 4.41. The smallest absolute Gasteiger partial charge is 0.123 e. The van der Waals surface area contributed by atoms with Gasteiger partial charge in [0.2, 0.25) is 0 Å². The van der Waals surface area contributed by atoms with Crippen LogP contribution in [-0.2, 0) is 4.74 Å². The van der Waals surface area contributed by atoms with Gasteiger partial charge in [0.15, 0.2) is 0 Å². The highest BCUT2D eigenvalue weighted by Gasteiger charge is 2.29. The lowest BCUT2D eigenvalue weighted by Gasteiger charge is -2.45. The van der Waals surface area contributed by atoms with Crippen LogP contribution in [0.4, 0.5) is 11.5 Å². The van der Waals surface area contributed by atoms with Gasteiger partial charge < -0.3 is 15.4 Å². The highest BCUT2D eigenvalue weighted by atomic mass is 16.5. The molecule has 5 nitrogen and oxygen atoms in total. The molecule has 0 amide bonds. The number of nitrogen functional groups attached to an aromatic ring is 1. The molecular weight excluding hydrogens is 252 g/mol. The molecule has 20 heavy (non-hydrogen) atoms. The first-order chi connectivity index (χ1) is 9.74. The molecule has 0 bridgehead atoms. The predicted molar refractivity (Wildman–Crippen MR) is 80.9 cm³/mol. The number of piperazine rings is 1. The van der Waals surface area contributed by atoms with Gasteiger partial charge in [-0.05, 0) is 31.9 Å². The third-order valence-corrected chi connectivity index (χ3v) is 4.41. The summed E-state index contributed by atoms with van der Waals surface area (Å²) in [7, 11) is 0. The van der Waals surface area contributed by atoms with Crippen LogP contribution in [0, 0.1) is 0 Å². The molecule has 0 radical (unpaired) electrons. The van der Waals surface area contributed by atoms with Crippen LogP contribution in [0.2, 0.25) is 0 Å². The summed E-state index contributed by atoms with van der Waals surface area (Å²) in [5.41, 5.74) is 6.83. The lowest BCUT2D eigenvalue weighted by Crippen LogP contribution is -2.56. The van der Waals surface area contributed by atoms with Crippen LogP contribution >= 0.6 is 0 Å². The maximum atomic E-state index is 5.66. The average Bonchev–Trinajstić information content (AvgIpc) is 2.49. The van der Waals surface area contributed by atoms with Crippen molar-refractivity contribution in [1.82, 2.24) is 9.88 Å². The van der Waals surface area contributed by atoms with E-state index in [9.17, 15) is 0 Å². The number of nitrogens with two attached hydrogens (primary N) is 1. The summed E-state index contributed by atoms with van der Waals surface area (Å²) in [6.07, 6.45) is 4.35. The van der Waals surface area contributed by atoms with Gasteiger partial charge in [-0.15, -0.1) is 0 Å². The van der Waals surface area contributed by atoms with E-state index in [1.54, 1.807) is 0 Å². The Morgan fingerprint density at radius 2 is 2.25 bits per heavy atom. The molecule has 0 saturated carbocycles. The van der Waals surface area contributed by atoms with E-state index in [1.807, 2.05) is 12.3 Å². The first-order valence-electron chi connectivity index (χ1n) is 7.54. The zero-order chi connectivity index (χ0) is 13.9. The molecule has 2 unspecified atom stereocenters. The molecule has 0 aromatic carbocycles. The summed E-state index contributed by atoms with van der Waals surface area (Å²) in [5, 5.41) is 0. The summed E-state index contributed by atoms with van der Waals surface area (Å²) in [5.74, 6) is 0.583. The van der Waals surface area contributed by atoms with Crippen molar-refractivity contribution in [2.75, 3.05) is 43.5 Å². The first-order valence-corrected chi connectivity index (χ1v) is 7.54. The van der Waals surface area contributed by atoms with Crippen molar-refractivity contribution >= 4 is 11.5 Å². The lowest BCUT2D eigenvalue weighted by atomic mass is 10.1. The Labute approximate surface area is 120 Å². The summed E-state index contributed by atoms with van der Waals surface area (Å²) in [6, 6.07) is 5.05. The lowest BCUT2D eigenvalue weighted by molar-refractivity contribution is 0.0117. The minimum atomic E-state index is 0.496. The van der Waals surface area contributed by atoms with E-state index < -0.39 is 0 Å². The Hall–Kier alpha value is -1.33. The molecule has 2 saturated heterocycles. The monoisotopic (exact) mass is 276 g/mol. The zero-order valence-electron chi connectivity index (χ0n) is 12.2. The molecule has 1 aromatic rings. The van der Waals surface area contributed by atoms with Crippen LogP contribution in [0.15, 0.2) is 18.3 Å². The number of aromatic nitrogens is 1. The largest absolute Gasteiger partial charge is 0.384 e. The highest BCUT2D eigenvalue weighted by Crippen LogP contribution is 2.23. The molecule has 3 rings (SSSR count). The van der Waals surface area contributed by atoms with Crippen LogP contribution < -0.4 is 10.6 Å². The number of ether oxygens (including phenoxy) is 1. The van der Waals surface area contributed by atoms with Crippen molar-refractivity contribution in [1.29, 1.82) is 0 Å². The van der Waals surface area contributed by atoms with Crippen LogP contribution in [0.1, 0.15) is 19.8 Å². The normalized spacial score (nSPS) is 28.6. The standard InChI is InChI=1S/C15H24N4O/c1-12-10-18(14-3-2-8-20-11-14)6-7-19(12)13-4-5-15(16)17-9-13/h4-5,9,12,14H,2-3,6-8,10-11H2,1H3,(H2,16,17). The van der Waals surface area contributed by atoms with Gasteiger partial charge in [-0.2, -0.15) is 0 Å². The topological polar surface area (TPSA) is 54.6 Å². The molecule has 2 N–H and O–H groups in total. The molecule has 110 valence electrons. The van der Waals surface area contributed by atoms with E-state index in [0.29, 0.717) is 17.9 Å². The van der Waals surface area contributed by atoms with Crippen molar-refractivity contribution in [2.45, 2.75) is 31.8 Å². The van der Waals surface area contributed by atoms with E-state index in [2.05, 4.69) is 27.8 Å². The minimum Gasteiger partial charge on any atom is -0.384 e. The molecule has 0 spiro atoms. The highest BCUT2D eigenvalue weighted by molar-refractivity contribution is 5.49. The summed E-state index contributed by atoms with van der Waals surface area (Å²) in [6.45, 7) is 7.36. The van der Waals surface area contributed by atoms with E-state index in [-0.39, 0.29) is 0 Å². The quantitative estimate of drug-likeness (QED) is 0.884. The van der Waals surface area contributed by atoms with Gasteiger partial charge in [0, 0.05) is 38.3 Å². The van der Waals surface area contributed by atoms with Gasteiger partial charge in [-0.3, -0.25) is 4.90 Å². The molecule has 2 fully saturated rings. The second-order valence-electron chi connectivity index (χ2n) is 5.85. The molecule has 2 aliphatic rings. The van der Waals surface area contributed by atoms with Gasteiger partial charge in [-0.1, -0.05) is 0 Å².